The van der Waals surface area contributed by atoms with Crippen molar-refractivity contribution < 1.29 is 14.6 Å². The summed E-state index contributed by atoms with van der Waals surface area (Å²) in [6.07, 6.45) is 0.893. The van der Waals surface area contributed by atoms with E-state index in [9.17, 15) is 9.90 Å². The lowest BCUT2D eigenvalue weighted by Gasteiger charge is -2.10. The van der Waals surface area contributed by atoms with Gasteiger partial charge in [-0.15, -0.1) is 0 Å². The predicted octanol–water partition coefficient (Wildman–Crippen LogP) is 2.37. The van der Waals surface area contributed by atoms with Gasteiger partial charge in [-0.1, -0.05) is 6.92 Å². The van der Waals surface area contributed by atoms with Crippen LogP contribution in [0.1, 0.15) is 24.5 Å². The standard InChI is InChI=1S/C13H19NO3/c1-4-5-17-8-13(16)14-11-6-10(3)12(15)7-9(11)2/h6-7,15H,4-5,8H2,1-3H3,(H,14,16). The SMILES string of the molecule is CCCOCC(=O)Nc1cc(C)c(O)cc1C. The lowest BCUT2D eigenvalue weighted by atomic mass is 10.1. The van der Waals surface area contributed by atoms with E-state index in [1.807, 2.05) is 13.8 Å². The first-order chi connectivity index (χ1) is 8.04. The van der Waals surface area contributed by atoms with E-state index in [0.717, 1.165) is 17.5 Å². The number of phenolic OH excluding ortho intramolecular Hbond substituents is 1. The van der Waals surface area contributed by atoms with Gasteiger partial charge < -0.3 is 15.2 Å². The molecule has 0 atom stereocenters. The van der Waals surface area contributed by atoms with E-state index in [-0.39, 0.29) is 18.3 Å². The van der Waals surface area contributed by atoms with Crippen LogP contribution in [-0.2, 0) is 9.53 Å². The maximum absolute atomic E-state index is 11.5. The largest absolute Gasteiger partial charge is 0.508 e. The van der Waals surface area contributed by atoms with Gasteiger partial charge in [-0.05, 0) is 43.5 Å². The van der Waals surface area contributed by atoms with Crippen LogP contribution in [0.5, 0.6) is 5.75 Å². The third kappa shape index (κ3) is 4.07. The molecule has 1 amide bonds. The van der Waals surface area contributed by atoms with Crippen LogP contribution < -0.4 is 5.32 Å². The van der Waals surface area contributed by atoms with Crippen molar-refractivity contribution in [3.8, 4) is 5.75 Å². The fourth-order valence-corrected chi connectivity index (χ4v) is 1.43. The number of hydrogen-bond acceptors (Lipinski definition) is 3. The van der Waals surface area contributed by atoms with Crippen molar-refractivity contribution in [3.63, 3.8) is 0 Å². The summed E-state index contributed by atoms with van der Waals surface area (Å²) >= 11 is 0. The van der Waals surface area contributed by atoms with Gasteiger partial charge in [0.05, 0.1) is 0 Å². The second-order valence-corrected chi connectivity index (χ2v) is 4.05. The average Bonchev–Trinajstić information content (AvgIpc) is 2.26. The van der Waals surface area contributed by atoms with E-state index in [0.29, 0.717) is 12.3 Å². The Kier molecular flexibility index (Phi) is 4.97. The number of rotatable bonds is 5. The summed E-state index contributed by atoms with van der Waals surface area (Å²) in [6.45, 7) is 6.26. The molecule has 4 nitrogen and oxygen atoms in total. The van der Waals surface area contributed by atoms with E-state index in [1.165, 1.54) is 0 Å². The third-order valence-corrected chi connectivity index (χ3v) is 2.40. The number of benzene rings is 1. The van der Waals surface area contributed by atoms with Gasteiger partial charge in [-0.3, -0.25) is 4.79 Å². The normalized spacial score (nSPS) is 10.3. The molecule has 1 rings (SSSR count). The van der Waals surface area contributed by atoms with Gasteiger partial charge in [0.15, 0.2) is 0 Å². The molecule has 0 saturated carbocycles. The van der Waals surface area contributed by atoms with E-state index in [1.54, 1.807) is 19.1 Å². The summed E-state index contributed by atoms with van der Waals surface area (Å²) in [4.78, 5) is 11.5. The van der Waals surface area contributed by atoms with Crippen LogP contribution >= 0.6 is 0 Å². The lowest BCUT2D eigenvalue weighted by molar-refractivity contribution is -0.120. The van der Waals surface area contributed by atoms with Gasteiger partial charge in [0.25, 0.3) is 0 Å². The van der Waals surface area contributed by atoms with Crippen LogP contribution in [0.3, 0.4) is 0 Å². The Balaban J connectivity index is 2.62. The third-order valence-electron chi connectivity index (χ3n) is 2.40. The fourth-order valence-electron chi connectivity index (χ4n) is 1.43. The molecule has 1 aromatic rings. The summed E-state index contributed by atoms with van der Waals surface area (Å²) in [5.74, 6) is 0.0642. The number of hydrogen-bond donors (Lipinski definition) is 2. The topological polar surface area (TPSA) is 58.6 Å². The van der Waals surface area contributed by atoms with E-state index < -0.39 is 0 Å². The fraction of sp³-hybridized carbons (Fsp3) is 0.462. The second-order valence-electron chi connectivity index (χ2n) is 4.05. The van der Waals surface area contributed by atoms with Crippen molar-refractivity contribution in [3.05, 3.63) is 23.3 Å². The highest BCUT2D eigenvalue weighted by molar-refractivity contribution is 5.92. The molecule has 2 N–H and O–H groups in total. The smallest absolute Gasteiger partial charge is 0.250 e. The van der Waals surface area contributed by atoms with Crippen molar-refractivity contribution in [2.24, 2.45) is 0 Å². The number of phenols is 1. The van der Waals surface area contributed by atoms with Crippen molar-refractivity contribution in [2.75, 3.05) is 18.5 Å². The Bertz CT molecular complexity index is 402. The van der Waals surface area contributed by atoms with Gasteiger partial charge in [0.2, 0.25) is 5.91 Å². The van der Waals surface area contributed by atoms with E-state index in [2.05, 4.69) is 5.32 Å². The molecule has 0 fully saturated rings. The van der Waals surface area contributed by atoms with Crippen molar-refractivity contribution in [1.29, 1.82) is 0 Å². The number of carbonyl (C=O) groups is 1. The summed E-state index contributed by atoms with van der Waals surface area (Å²) in [7, 11) is 0. The summed E-state index contributed by atoms with van der Waals surface area (Å²) in [6, 6.07) is 3.39. The summed E-state index contributed by atoms with van der Waals surface area (Å²) in [5.41, 5.74) is 2.28. The minimum absolute atomic E-state index is 0.0627. The quantitative estimate of drug-likeness (QED) is 0.610. The van der Waals surface area contributed by atoms with Crippen LogP contribution in [0, 0.1) is 13.8 Å². The molecule has 0 aliphatic rings. The molecule has 0 saturated heterocycles. The summed E-state index contributed by atoms with van der Waals surface area (Å²) < 4.78 is 5.15. The first-order valence-electron chi connectivity index (χ1n) is 5.72. The monoisotopic (exact) mass is 237 g/mol. The lowest BCUT2D eigenvalue weighted by Crippen LogP contribution is -2.19. The number of anilines is 1. The van der Waals surface area contributed by atoms with Crippen LogP contribution in [-0.4, -0.2) is 24.2 Å². The predicted molar refractivity (Wildman–Crippen MR) is 67.3 cm³/mol. The molecular weight excluding hydrogens is 218 g/mol. The highest BCUT2D eigenvalue weighted by Crippen LogP contribution is 2.24. The summed E-state index contributed by atoms with van der Waals surface area (Å²) in [5, 5.41) is 12.3. The molecule has 0 unspecified atom stereocenters. The zero-order chi connectivity index (χ0) is 12.8. The Morgan fingerprint density at radius 3 is 2.71 bits per heavy atom. The number of aryl methyl sites for hydroxylation is 2. The first-order valence-corrected chi connectivity index (χ1v) is 5.72. The van der Waals surface area contributed by atoms with Crippen LogP contribution in [0.2, 0.25) is 0 Å². The number of carbonyl (C=O) groups excluding carboxylic acids is 1. The molecule has 1 aromatic carbocycles. The van der Waals surface area contributed by atoms with Gasteiger partial charge in [0.1, 0.15) is 12.4 Å². The Hall–Kier alpha value is -1.55. The van der Waals surface area contributed by atoms with Gasteiger partial charge in [-0.2, -0.15) is 0 Å². The molecule has 0 aliphatic heterocycles. The van der Waals surface area contributed by atoms with Crippen LogP contribution in [0.4, 0.5) is 5.69 Å². The van der Waals surface area contributed by atoms with Crippen LogP contribution in [0.25, 0.3) is 0 Å². The van der Waals surface area contributed by atoms with Crippen LogP contribution in [0.15, 0.2) is 12.1 Å². The zero-order valence-electron chi connectivity index (χ0n) is 10.5. The highest BCUT2D eigenvalue weighted by atomic mass is 16.5. The molecule has 0 aromatic heterocycles. The maximum atomic E-state index is 11.5. The van der Waals surface area contributed by atoms with Crippen molar-refractivity contribution in [1.82, 2.24) is 0 Å². The van der Waals surface area contributed by atoms with Gasteiger partial charge >= 0.3 is 0 Å². The number of nitrogens with one attached hydrogen (secondary N) is 1. The number of ether oxygens (including phenoxy) is 1. The minimum Gasteiger partial charge on any atom is -0.508 e. The van der Waals surface area contributed by atoms with E-state index >= 15 is 0 Å². The maximum Gasteiger partial charge on any atom is 0.250 e. The molecule has 17 heavy (non-hydrogen) atoms. The zero-order valence-corrected chi connectivity index (χ0v) is 10.5. The number of amides is 1. The molecule has 0 radical (unpaired) electrons. The molecule has 94 valence electrons. The van der Waals surface area contributed by atoms with E-state index in [4.69, 9.17) is 4.74 Å². The Labute approximate surface area is 102 Å². The second kappa shape index (κ2) is 6.25. The molecule has 0 aliphatic carbocycles. The van der Waals surface area contributed by atoms with Crippen molar-refractivity contribution in [2.45, 2.75) is 27.2 Å². The van der Waals surface area contributed by atoms with Crippen molar-refractivity contribution >= 4 is 11.6 Å². The minimum atomic E-state index is -0.174. The van der Waals surface area contributed by atoms with Gasteiger partial charge in [-0.25, -0.2) is 0 Å². The highest BCUT2D eigenvalue weighted by Gasteiger charge is 2.07. The molecule has 0 bridgehead atoms. The molecule has 0 spiro atoms. The molecule has 4 heteroatoms. The van der Waals surface area contributed by atoms with Gasteiger partial charge in [0, 0.05) is 12.3 Å². The average molecular weight is 237 g/mol. The number of aromatic hydroxyl groups is 1. The Morgan fingerprint density at radius 2 is 2.06 bits per heavy atom. The molecular formula is C13H19NO3. The molecule has 0 heterocycles. The Morgan fingerprint density at radius 1 is 1.35 bits per heavy atom. The first kappa shape index (κ1) is 13.5.